The van der Waals surface area contributed by atoms with Crippen LogP contribution >= 0.6 is 70.4 Å². The number of benzene rings is 9. The minimum Gasteiger partial charge on any atom is -0.477 e. The van der Waals surface area contributed by atoms with Crippen molar-refractivity contribution >= 4 is 100 Å². The Morgan fingerprint density at radius 3 is 1.03 bits per heavy atom. The topological polar surface area (TPSA) is 299 Å². The molecule has 0 saturated carbocycles. The van der Waals surface area contributed by atoms with Crippen LogP contribution in [0.3, 0.4) is 0 Å². The quantitative estimate of drug-likeness (QED) is 0.0262. The zero-order valence-electron chi connectivity index (χ0n) is 65.8. The number of halogens is 14. The van der Waals surface area contributed by atoms with Gasteiger partial charge in [-0.15, -0.1) is 0 Å². The van der Waals surface area contributed by atoms with E-state index in [9.17, 15) is 107 Å². The molecular weight excluding hydrogens is 1800 g/mol. The first-order chi connectivity index (χ1) is 60.3. The molecule has 5 heterocycles. The maximum atomic E-state index is 14.0. The lowest BCUT2D eigenvalue weighted by atomic mass is 9.97. The van der Waals surface area contributed by atoms with E-state index in [0.717, 1.165) is 94.6 Å². The van der Waals surface area contributed by atoms with Crippen LogP contribution in [0, 0.1) is 57.5 Å². The van der Waals surface area contributed by atoms with Crippen LogP contribution in [0.5, 0.6) is 0 Å². The third-order valence-electron chi connectivity index (χ3n) is 17.5. The van der Waals surface area contributed by atoms with Crippen LogP contribution in [0.15, 0.2) is 263 Å². The third kappa shape index (κ3) is 25.6. The van der Waals surface area contributed by atoms with Crippen LogP contribution in [0.25, 0.3) is 22.7 Å². The summed E-state index contributed by atoms with van der Waals surface area (Å²) in [6.07, 6.45) is -3.25. The van der Waals surface area contributed by atoms with E-state index in [0.29, 0.717) is 72.3 Å². The van der Waals surface area contributed by atoms with E-state index >= 15 is 0 Å². The Kier molecular flexibility index (Phi) is 32.8. The Hall–Kier alpha value is -13.0. The number of carboxylic acid groups (broad SMARTS) is 5. The van der Waals surface area contributed by atoms with Crippen molar-refractivity contribution in [3.63, 3.8) is 0 Å². The number of nitriles is 1. The molecule has 0 unspecified atom stereocenters. The zero-order valence-corrected chi connectivity index (χ0v) is 70.6. The predicted octanol–water partition coefficient (Wildman–Crippen LogP) is 22.9. The molecule has 9 aromatic carbocycles. The molecule has 0 saturated heterocycles. The maximum Gasteiger partial charge on any atom is 0.416 e. The number of aromatic carboxylic acids is 5. The number of hydrogen-bond donors (Lipinski definition) is 5. The lowest BCUT2D eigenvalue weighted by molar-refractivity contribution is -0.139. The van der Waals surface area contributed by atoms with E-state index in [1.54, 1.807) is 47.0 Å². The molecule has 656 valence electrons. The van der Waals surface area contributed by atoms with Gasteiger partial charge in [0.1, 0.15) is 46.4 Å². The van der Waals surface area contributed by atoms with E-state index in [1.165, 1.54) is 171 Å². The molecule has 5 N–H and O–H groups in total. The Morgan fingerprint density at radius 1 is 0.354 bits per heavy atom. The van der Waals surface area contributed by atoms with Gasteiger partial charge in [-0.25, -0.2) is 79.6 Å². The molecule has 5 aromatic heterocycles. The maximum absolute atomic E-state index is 14.0. The minimum atomic E-state index is -4.74. The van der Waals surface area contributed by atoms with Gasteiger partial charge in [0.2, 0.25) is 0 Å². The molecule has 0 atom stereocenters. The molecule has 0 amide bonds. The third-order valence-corrected chi connectivity index (χ3v) is 22.8. The average Bonchev–Trinajstić information content (AvgIpc) is 1.73. The molecule has 14 aromatic rings. The summed E-state index contributed by atoms with van der Waals surface area (Å²) in [6.45, 7) is 6.55. The molecule has 0 fully saturated rings. The number of aromatic nitrogens is 10. The van der Waals surface area contributed by atoms with Gasteiger partial charge in [-0.05, 0) is 162 Å². The normalized spacial score (nSPS) is 11.2. The minimum absolute atomic E-state index is 0.0114. The Bertz CT molecular complexity index is 6280. The fourth-order valence-electron chi connectivity index (χ4n) is 11.6. The number of imidazole rings is 5. The van der Waals surface area contributed by atoms with Crippen molar-refractivity contribution in [3.05, 3.63) is 356 Å². The summed E-state index contributed by atoms with van der Waals surface area (Å²) in [5, 5.41) is 57.8. The first-order valence-electron chi connectivity index (χ1n) is 36.6. The molecule has 40 heteroatoms. The van der Waals surface area contributed by atoms with Gasteiger partial charge < -0.3 is 30.1 Å². The first kappa shape index (κ1) is 96.2. The Labute approximate surface area is 739 Å². The van der Waals surface area contributed by atoms with Crippen LogP contribution in [0.1, 0.15) is 118 Å². The Balaban J connectivity index is 0.000000166. The fraction of sp³-hybridized carbons (Fsp3) is 0.138. The van der Waals surface area contributed by atoms with E-state index < -0.39 is 93.7 Å². The summed E-state index contributed by atoms with van der Waals surface area (Å²) in [6, 6.07) is 48.9. The molecular formula is C87H65ClF13N11O10S5. The molecule has 0 aliphatic carbocycles. The summed E-state index contributed by atoms with van der Waals surface area (Å²) in [5.74, 6) is -8.94. The monoisotopic (exact) mass is 1870 g/mol. The van der Waals surface area contributed by atoms with Crippen molar-refractivity contribution in [2.45, 2.75) is 94.2 Å². The van der Waals surface area contributed by atoms with Gasteiger partial charge in [0.15, 0.2) is 48.6 Å². The number of alkyl halides is 6. The number of nitrogens with zero attached hydrogens (tertiary/aromatic N) is 11. The van der Waals surface area contributed by atoms with Gasteiger partial charge in [0.25, 0.3) is 0 Å². The standard InChI is InChI=1S/C18H11F5N2O2S.C18H12F4N2O2S.C18H12FN3O2S.C17H12F2N2O2S.C16H18ClFN2O2S/c19-10-4-6-11(7-5-10)25-15(16(26)27)8-24-17(25)28-9-12-13(18(21,22)23)2-1-3-14(12)20;19-12-5-7-13(8-6-12)24-15(16(25)26)9-23-17(24)27-10-11-3-1-2-4-14(11)18(20,21)22;19-14-5-7-15(8-6-14)22-16(17(23)24)10-21-18(22)25-11-13-4-2-1-3-12(13)9-20;18-12-5-7-13(8-6-12)21-15(16(22)23)9-20-17(21)24-10-11-3-1-2-4-14(11)19;1-16(2,3)9-20-13(14(21)22)7-19-15(20)23-8-10-11(17)5-4-6-12(10)18/h1-8H,9H2,(H,26,27);1-9H,10H2,(H,25,26);1-8,10H,11H2,(H,23,24);1-9H,10H2,(H,22,23);4-7H,8-9H2,1-3H3,(H,21,22). The van der Waals surface area contributed by atoms with Crippen molar-refractivity contribution in [2.24, 2.45) is 5.41 Å². The van der Waals surface area contributed by atoms with Crippen LogP contribution in [-0.4, -0.2) is 103 Å². The van der Waals surface area contributed by atoms with Crippen LogP contribution in [-0.2, 0) is 47.7 Å². The lowest BCUT2D eigenvalue weighted by Gasteiger charge is -2.21. The number of hydrogen-bond acceptors (Lipinski definition) is 16. The van der Waals surface area contributed by atoms with Crippen LogP contribution < -0.4 is 0 Å². The number of thioether (sulfide) groups is 5. The van der Waals surface area contributed by atoms with Gasteiger partial charge >= 0.3 is 42.2 Å². The molecule has 21 nitrogen and oxygen atoms in total. The summed E-state index contributed by atoms with van der Waals surface area (Å²) in [7, 11) is 0. The summed E-state index contributed by atoms with van der Waals surface area (Å²) >= 11 is 11.5. The molecule has 0 radical (unpaired) electrons. The van der Waals surface area contributed by atoms with E-state index in [1.807, 2.05) is 32.9 Å². The molecule has 0 spiro atoms. The first-order valence-corrected chi connectivity index (χ1v) is 42.0. The highest BCUT2D eigenvalue weighted by atomic mass is 35.5. The van der Waals surface area contributed by atoms with Gasteiger partial charge in [-0.1, -0.05) is 158 Å². The van der Waals surface area contributed by atoms with Gasteiger partial charge in [0.05, 0.1) is 53.7 Å². The molecule has 127 heavy (non-hydrogen) atoms. The zero-order chi connectivity index (χ0) is 92.2. The van der Waals surface area contributed by atoms with Crippen molar-refractivity contribution in [3.8, 4) is 28.8 Å². The van der Waals surface area contributed by atoms with Gasteiger partial charge in [-0.2, -0.15) is 31.6 Å². The van der Waals surface area contributed by atoms with Crippen LogP contribution in [0.4, 0.5) is 57.1 Å². The van der Waals surface area contributed by atoms with Crippen molar-refractivity contribution in [1.29, 1.82) is 5.26 Å². The second-order valence-electron chi connectivity index (χ2n) is 27.5. The van der Waals surface area contributed by atoms with E-state index in [2.05, 4.69) is 31.0 Å². The molecule has 14 rings (SSSR count). The van der Waals surface area contributed by atoms with Crippen molar-refractivity contribution < 1.29 is 107 Å². The average molecular weight is 1870 g/mol. The van der Waals surface area contributed by atoms with Gasteiger partial charge in [0, 0.05) is 74.2 Å². The highest BCUT2D eigenvalue weighted by Crippen LogP contribution is 2.40. The second kappa shape index (κ2) is 43.3. The summed E-state index contributed by atoms with van der Waals surface area (Å²) in [5.41, 5.74) is 1.00. The lowest BCUT2D eigenvalue weighted by Crippen LogP contribution is -2.20. The van der Waals surface area contributed by atoms with Crippen LogP contribution in [0.2, 0.25) is 5.02 Å². The highest BCUT2D eigenvalue weighted by Gasteiger charge is 2.36. The number of carboxylic acids is 5. The summed E-state index contributed by atoms with van der Waals surface area (Å²) in [4.78, 5) is 77.5. The highest BCUT2D eigenvalue weighted by molar-refractivity contribution is 7.99. The number of rotatable bonds is 25. The van der Waals surface area contributed by atoms with E-state index in [4.69, 9.17) is 16.9 Å². The van der Waals surface area contributed by atoms with Crippen molar-refractivity contribution in [2.75, 3.05) is 0 Å². The summed E-state index contributed by atoms with van der Waals surface area (Å²) < 4.78 is 180. The van der Waals surface area contributed by atoms with Gasteiger partial charge in [-0.3, -0.25) is 18.3 Å². The molecule has 0 bridgehead atoms. The smallest absolute Gasteiger partial charge is 0.416 e. The molecule has 0 aliphatic heterocycles. The van der Waals surface area contributed by atoms with Crippen molar-refractivity contribution in [1.82, 2.24) is 47.8 Å². The number of carbonyl (C=O) groups is 5. The largest absolute Gasteiger partial charge is 0.477 e. The predicted molar refractivity (Wildman–Crippen MR) is 450 cm³/mol. The van der Waals surface area contributed by atoms with E-state index in [-0.39, 0.29) is 78.6 Å². The SMILES string of the molecule is CC(C)(C)Cn1c(C(=O)O)cnc1SCc1c(F)cccc1Cl.N#Cc1ccccc1CSc1ncc(C(=O)O)n1-c1ccc(F)cc1.O=C(O)c1cnc(SCc2c(F)cccc2C(F)(F)F)n1-c1ccc(F)cc1.O=C(O)c1cnc(SCc2ccccc2C(F)(F)F)n1-c1ccc(F)cc1.O=C(O)c1cnc(SCc2ccccc2F)n1-c1ccc(F)cc1. The second-order valence-corrected chi connectivity index (χ2v) is 32.6. The molecule has 0 aliphatic rings. The fourth-order valence-corrected chi connectivity index (χ4v) is 16.9. The Morgan fingerprint density at radius 2 is 0.654 bits per heavy atom.